The zero-order valence-electron chi connectivity index (χ0n) is 16.5. The summed E-state index contributed by atoms with van der Waals surface area (Å²) in [7, 11) is 0. The molecule has 0 N–H and O–H groups in total. The summed E-state index contributed by atoms with van der Waals surface area (Å²) in [6.07, 6.45) is 6.81. The molecule has 1 fully saturated rings. The number of rotatable bonds is 7. The van der Waals surface area contributed by atoms with Crippen LogP contribution in [-0.4, -0.2) is 28.9 Å². The lowest BCUT2D eigenvalue weighted by Gasteiger charge is -2.31. The minimum atomic E-state index is 0.189. The van der Waals surface area contributed by atoms with Gasteiger partial charge in [-0.15, -0.1) is 11.3 Å². The molecule has 0 radical (unpaired) electrons. The number of likely N-dealkylation sites (tertiary alicyclic amines) is 1. The maximum atomic E-state index is 12.5. The molecule has 0 aliphatic carbocycles. The number of amides is 1. The summed E-state index contributed by atoms with van der Waals surface area (Å²) in [5.74, 6) is 0.839. The van der Waals surface area contributed by atoms with Crippen molar-refractivity contribution >= 4 is 17.2 Å². The average molecular weight is 407 g/mol. The Labute approximate surface area is 176 Å². The highest BCUT2D eigenvalue weighted by molar-refractivity contribution is 7.12. The van der Waals surface area contributed by atoms with Crippen LogP contribution in [0.1, 0.15) is 39.2 Å². The lowest BCUT2D eigenvalue weighted by molar-refractivity contribution is 0.0695. The summed E-state index contributed by atoms with van der Waals surface area (Å²) in [5, 5.41) is 1.97. The molecule has 1 saturated heterocycles. The Morgan fingerprint density at radius 3 is 2.28 bits per heavy atom. The van der Waals surface area contributed by atoms with Gasteiger partial charge in [-0.2, -0.15) is 0 Å². The van der Waals surface area contributed by atoms with Crippen molar-refractivity contribution in [2.75, 3.05) is 13.1 Å². The van der Waals surface area contributed by atoms with Crippen molar-refractivity contribution in [3.8, 4) is 0 Å². The van der Waals surface area contributed by atoms with Gasteiger partial charge in [0, 0.05) is 25.5 Å². The highest BCUT2D eigenvalue weighted by atomic mass is 32.1. The van der Waals surface area contributed by atoms with Crippen LogP contribution in [0, 0.1) is 5.92 Å². The molecule has 150 valence electrons. The lowest BCUT2D eigenvalue weighted by atomic mass is 9.90. The maximum absolute atomic E-state index is 12.5. The molecule has 2 aromatic heterocycles. The second kappa shape index (κ2) is 9.81. The molecule has 1 aliphatic heterocycles. The van der Waals surface area contributed by atoms with Gasteiger partial charge < -0.3 is 9.64 Å². The molecule has 0 atom stereocenters. The Balaban J connectivity index is 1.21. The van der Waals surface area contributed by atoms with E-state index in [0.29, 0.717) is 19.1 Å². The first-order valence-corrected chi connectivity index (χ1v) is 11.0. The lowest BCUT2D eigenvalue weighted by Crippen LogP contribution is -2.38. The van der Waals surface area contributed by atoms with Gasteiger partial charge in [0.1, 0.15) is 0 Å². The zero-order valence-corrected chi connectivity index (χ0v) is 17.3. The number of hydrogen-bond acceptors (Lipinski definition) is 4. The number of piperidine rings is 1. The molecular formula is C24H26N2O2S. The van der Waals surface area contributed by atoms with E-state index in [4.69, 9.17) is 4.74 Å². The molecule has 0 saturated carbocycles. The van der Waals surface area contributed by atoms with E-state index >= 15 is 0 Å². The van der Waals surface area contributed by atoms with Crippen LogP contribution in [0.3, 0.4) is 0 Å². The van der Waals surface area contributed by atoms with Gasteiger partial charge in [0.25, 0.3) is 5.91 Å². The molecule has 0 spiro atoms. The molecule has 3 heterocycles. The van der Waals surface area contributed by atoms with E-state index in [1.54, 1.807) is 12.4 Å². The molecule has 4 nitrogen and oxygen atoms in total. The van der Waals surface area contributed by atoms with Crippen LogP contribution >= 0.6 is 11.3 Å². The predicted octanol–water partition coefficient (Wildman–Crippen LogP) is 4.95. The van der Waals surface area contributed by atoms with Crippen molar-refractivity contribution in [3.05, 3.63) is 87.9 Å². The number of carbonyl (C=O) groups is 1. The quantitative estimate of drug-likeness (QED) is 0.557. The number of ether oxygens (including phenoxy) is 1. The number of hydrogen-bond donors (Lipinski definition) is 0. The minimum absolute atomic E-state index is 0.189. The number of benzene rings is 1. The van der Waals surface area contributed by atoms with E-state index in [1.165, 1.54) is 22.5 Å². The van der Waals surface area contributed by atoms with Crippen molar-refractivity contribution in [2.45, 2.75) is 32.5 Å². The van der Waals surface area contributed by atoms with Crippen molar-refractivity contribution in [1.29, 1.82) is 0 Å². The number of thiophene rings is 1. The van der Waals surface area contributed by atoms with Crippen LogP contribution < -0.4 is 0 Å². The SMILES string of the molecule is O=C(c1cccs1)N1CCC(Cc2ccc(COCc3ccncc3)cc2)CC1. The summed E-state index contributed by atoms with van der Waals surface area (Å²) in [6.45, 7) is 2.95. The van der Waals surface area contributed by atoms with Gasteiger partial charge in [0.05, 0.1) is 18.1 Å². The summed E-state index contributed by atoms with van der Waals surface area (Å²) < 4.78 is 5.80. The topological polar surface area (TPSA) is 42.4 Å². The monoisotopic (exact) mass is 406 g/mol. The van der Waals surface area contributed by atoms with Gasteiger partial charge in [-0.1, -0.05) is 30.3 Å². The molecule has 3 aromatic rings. The van der Waals surface area contributed by atoms with E-state index in [9.17, 15) is 4.79 Å². The van der Waals surface area contributed by atoms with Crippen LogP contribution in [0.15, 0.2) is 66.3 Å². The Morgan fingerprint density at radius 2 is 1.62 bits per heavy atom. The van der Waals surface area contributed by atoms with E-state index in [0.717, 1.165) is 42.8 Å². The second-order valence-electron chi connectivity index (χ2n) is 7.58. The molecule has 1 amide bonds. The third-order valence-corrected chi connectivity index (χ3v) is 6.33. The number of nitrogens with zero attached hydrogens (tertiary/aromatic N) is 2. The fourth-order valence-electron chi connectivity index (χ4n) is 3.77. The molecular weight excluding hydrogens is 380 g/mol. The standard InChI is InChI=1S/C24H26N2O2S/c27-24(23-2-1-15-29-23)26-13-9-20(10-14-26)16-19-3-5-21(6-4-19)17-28-18-22-7-11-25-12-8-22/h1-8,11-12,15,20H,9-10,13-14,16-18H2. The van der Waals surface area contributed by atoms with Crippen molar-refractivity contribution in [3.63, 3.8) is 0 Å². The van der Waals surface area contributed by atoms with Gasteiger partial charge in [0.15, 0.2) is 0 Å². The Bertz CT molecular complexity index is 886. The molecule has 4 rings (SSSR count). The van der Waals surface area contributed by atoms with Crippen LogP contribution in [0.5, 0.6) is 0 Å². The minimum Gasteiger partial charge on any atom is -0.372 e. The van der Waals surface area contributed by atoms with Crippen molar-refractivity contribution < 1.29 is 9.53 Å². The Morgan fingerprint density at radius 1 is 0.966 bits per heavy atom. The van der Waals surface area contributed by atoms with E-state index < -0.39 is 0 Å². The average Bonchev–Trinajstić information content (AvgIpc) is 3.31. The fraction of sp³-hybridized carbons (Fsp3) is 0.333. The van der Waals surface area contributed by atoms with Gasteiger partial charge in [-0.05, 0) is 65.4 Å². The fourth-order valence-corrected chi connectivity index (χ4v) is 4.46. The zero-order chi connectivity index (χ0) is 19.9. The van der Waals surface area contributed by atoms with Gasteiger partial charge in [-0.3, -0.25) is 9.78 Å². The van der Waals surface area contributed by atoms with Gasteiger partial charge in [0.2, 0.25) is 0 Å². The van der Waals surface area contributed by atoms with E-state index in [-0.39, 0.29) is 5.91 Å². The van der Waals surface area contributed by atoms with E-state index in [1.807, 2.05) is 34.5 Å². The molecule has 0 unspecified atom stereocenters. The van der Waals surface area contributed by atoms with Gasteiger partial charge >= 0.3 is 0 Å². The molecule has 1 aliphatic rings. The highest BCUT2D eigenvalue weighted by Crippen LogP contribution is 2.24. The Hall–Kier alpha value is -2.50. The largest absolute Gasteiger partial charge is 0.372 e. The first-order chi connectivity index (χ1) is 14.3. The number of pyridine rings is 1. The maximum Gasteiger partial charge on any atom is 0.263 e. The van der Waals surface area contributed by atoms with Crippen LogP contribution in [0.25, 0.3) is 0 Å². The molecule has 5 heteroatoms. The number of carbonyl (C=O) groups excluding carboxylic acids is 1. The smallest absolute Gasteiger partial charge is 0.263 e. The van der Waals surface area contributed by atoms with Gasteiger partial charge in [-0.25, -0.2) is 0 Å². The van der Waals surface area contributed by atoms with Crippen molar-refractivity contribution in [2.24, 2.45) is 5.92 Å². The third-order valence-electron chi connectivity index (χ3n) is 5.47. The van der Waals surface area contributed by atoms with E-state index in [2.05, 4.69) is 29.2 Å². The summed E-state index contributed by atoms with van der Waals surface area (Å²) in [5.41, 5.74) is 3.70. The molecule has 1 aromatic carbocycles. The van der Waals surface area contributed by atoms with Crippen LogP contribution in [0.4, 0.5) is 0 Å². The summed E-state index contributed by atoms with van der Waals surface area (Å²) in [4.78, 5) is 19.3. The first-order valence-electron chi connectivity index (χ1n) is 10.1. The highest BCUT2D eigenvalue weighted by Gasteiger charge is 2.24. The second-order valence-corrected chi connectivity index (χ2v) is 8.53. The van der Waals surface area contributed by atoms with Crippen LogP contribution in [-0.2, 0) is 24.4 Å². The third kappa shape index (κ3) is 5.52. The Kier molecular flexibility index (Phi) is 6.70. The van der Waals surface area contributed by atoms with Crippen LogP contribution in [0.2, 0.25) is 0 Å². The normalized spacial score (nSPS) is 14.8. The summed E-state index contributed by atoms with van der Waals surface area (Å²) in [6, 6.07) is 16.6. The molecule has 0 bridgehead atoms. The van der Waals surface area contributed by atoms with Crippen molar-refractivity contribution in [1.82, 2.24) is 9.88 Å². The predicted molar refractivity (Wildman–Crippen MR) is 116 cm³/mol. The first kappa shape index (κ1) is 19.8. The number of aromatic nitrogens is 1. The summed E-state index contributed by atoms with van der Waals surface area (Å²) >= 11 is 1.53. The molecule has 29 heavy (non-hydrogen) atoms.